The van der Waals surface area contributed by atoms with Crippen LogP contribution in [0.3, 0.4) is 0 Å². The molecule has 0 radical (unpaired) electrons. The summed E-state index contributed by atoms with van der Waals surface area (Å²) in [5, 5.41) is 8.95. The highest BCUT2D eigenvalue weighted by molar-refractivity contribution is 5.95. The van der Waals surface area contributed by atoms with Gasteiger partial charge >= 0.3 is 5.97 Å². The van der Waals surface area contributed by atoms with Crippen LogP contribution in [0.15, 0.2) is 46.9 Å². The van der Waals surface area contributed by atoms with Gasteiger partial charge in [0.1, 0.15) is 36.3 Å². The Kier molecular flexibility index (Phi) is 12.2. The standard InChI is InChI=1S/C35H50N4O6/c1-6-22(2)30(35(43)44-21-25-13-9-7-10-14-25)37-33(41)28-19-18-27(29-20-17-23(3)45-29)39(28)34(42)31(26-15-11-8-12-16-26)38-32(40)24(4)36-5/h7,9-10,13-14,17,20,22,24,26-28,30-31,36H,6,8,11-12,15-16,18-19,21H2,1-5H3,(H,37,41)(H,38,40)/t22-,24-,27+,28-,30-,31-/m0/s1. The van der Waals surface area contributed by atoms with Gasteiger partial charge in [-0.05, 0) is 76.1 Å². The predicted octanol–water partition coefficient (Wildman–Crippen LogP) is 4.57. The van der Waals surface area contributed by atoms with E-state index in [1.807, 2.05) is 63.2 Å². The molecule has 3 amide bonds. The van der Waals surface area contributed by atoms with E-state index in [-0.39, 0.29) is 30.3 Å². The molecule has 1 saturated heterocycles. The van der Waals surface area contributed by atoms with Gasteiger partial charge in [0.25, 0.3) is 0 Å². The van der Waals surface area contributed by atoms with E-state index in [0.29, 0.717) is 30.8 Å². The number of hydrogen-bond donors (Lipinski definition) is 3. The Balaban J connectivity index is 1.61. The van der Waals surface area contributed by atoms with Crippen LogP contribution in [0.2, 0.25) is 0 Å². The second kappa shape index (κ2) is 16.1. The molecule has 45 heavy (non-hydrogen) atoms. The molecule has 0 bridgehead atoms. The molecule has 6 atom stereocenters. The monoisotopic (exact) mass is 622 g/mol. The van der Waals surface area contributed by atoms with Gasteiger partial charge in [-0.25, -0.2) is 4.79 Å². The Labute approximate surface area is 267 Å². The number of furan rings is 1. The number of amides is 3. The molecule has 2 heterocycles. The highest BCUT2D eigenvalue weighted by Gasteiger charge is 2.47. The second-order valence-corrected chi connectivity index (χ2v) is 12.7. The fourth-order valence-electron chi connectivity index (χ4n) is 6.44. The number of aryl methyl sites for hydroxylation is 1. The van der Waals surface area contributed by atoms with Gasteiger partial charge in [-0.2, -0.15) is 0 Å². The molecule has 2 aliphatic rings. The number of likely N-dealkylation sites (N-methyl/N-ethyl adjacent to an activating group) is 1. The predicted molar refractivity (Wildman–Crippen MR) is 171 cm³/mol. The molecule has 4 rings (SSSR count). The second-order valence-electron chi connectivity index (χ2n) is 12.7. The van der Waals surface area contributed by atoms with Crippen LogP contribution < -0.4 is 16.0 Å². The summed E-state index contributed by atoms with van der Waals surface area (Å²) in [6.07, 6.45) is 6.27. The topological polar surface area (TPSA) is 130 Å². The number of rotatable bonds is 13. The lowest BCUT2D eigenvalue weighted by molar-refractivity contribution is -0.152. The van der Waals surface area contributed by atoms with Crippen LogP contribution in [0.25, 0.3) is 0 Å². The summed E-state index contributed by atoms with van der Waals surface area (Å²) in [6, 6.07) is 9.65. The number of ether oxygens (including phenoxy) is 1. The number of esters is 1. The molecule has 3 N–H and O–H groups in total. The first kappa shape index (κ1) is 34.2. The van der Waals surface area contributed by atoms with Crippen molar-refractivity contribution < 1.29 is 28.3 Å². The van der Waals surface area contributed by atoms with Crippen LogP contribution in [-0.4, -0.2) is 59.8 Å². The van der Waals surface area contributed by atoms with Crippen LogP contribution in [0.4, 0.5) is 0 Å². The summed E-state index contributed by atoms with van der Waals surface area (Å²) in [5.41, 5.74) is 0.854. The fraction of sp³-hybridized carbons (Fsp3) is 0.600. The zero-order valence-electron chi connectivity index (χ0n) is 27.3. The SMILES string of the molecule is CC[C@H](C)[C@H](NC(=O)[C@@H]1CC[C@H](c2ccc(C)o2)N1C(=O)[C@@H](NC(=O)[C@H](C)NC)C1CCCCC1)C(=O)OCc1ccccc1. The van der Waals surface area contributed by atoms with Crippen molar-refractivity contribution in [2.75, 3.05) is 7.05 Å². The maximum absolute atomic E-state index is 14.6. The molecule has 0 unspecified atom stereocenters. The highest BCUT2D eigenvalue weighted by atomic mass is 16.5. The van der Waals surface area contributed by atoms with E-state index in [2.05, 4.69) is 16.0 Å². The van der Waals surface area contributed by atoms with Crippen molar-refractivity contribution in [1.29, 1.82) is 0 Å². The van der Waals surface area contributed by atoms with Gasteiger partial charge < -0.3 is 30.0 Å². The normalized spacial score (nSPS) is 21.4. The molecule has 1 aliphatic carbocycles. The fourth-order valence-corrected chi connectivity index (χ4v) is 6.44. The van der Waals surface area contributed by atoms with Crippen molar-refractivity contribution in [1.82, 2.24) is 20.9 Å². The molecule has 2 fully saturated rings. The lowest BCUT2D eigenvalue weighted by Gasteiger charge is -2.37. The van der Waals surface area contributed by atoms with Gasteiger partial charge in [0.05, 0.1) is 12.1 Å². The zero-order chi connectivity index (χ0) is 32.5. The summed E-state index contributed by atoms with van der Waals surface area (Å²) >= 11 is 0. The van der Waals surface area contributed by atoms with Crippen molar-refractivity contribution in [2.45, 2.75) is 116 Å². The van der Waals surface area contributed by atoms with Gasteiger partial charge in [-0.1, -0.05) is 69.9 Å². The van der Waals surface area contributed by atoms with Crippen molar-refractivity contribution in [2.24, 2.45) is 11.8 Å². The zero-order valence-corrected chi connectivity index (χ0v) is 27.3. The lowest BCUT2D eigenvalue weighted by atomic mass is 9.83. The summed E-state index contributed by atoms with van der Waals surface area (Å²) in [6.45, 7) is 7.56. The number of benzene rings is 1. The molecular weight excluding hydrogens is 572 g/mol. The third kappa shape index (κ3) is 8.54. The van der Waals surface area contributed by atoms with Crippen LogP contribution in [0, 0.1) is 18.8 Å². The minimum absolute atomic E-state index is 0.0385. The summed E-state index contributed by atoms with van der Waals surface area (Å²) in [5.74, 6) is -0.381. The average Bonchev–Trinajstić information content (AvgIpc) is 3.71. The minimum atomic E-state index is -0.876. The van der Waals surface area contributed by atoms with Crippen molar-refractivity contribution in [3.63, 3.8) is 0 Å². The molecule has 0 spiro atoms. The first-order valence-corrected chi connectivity index (χ1v) is 16.5. The molecular formula is C35H50N4O6. The van der Waals surface area contributed by atoms with Crippen LogP contribution in [-0.2, 0) is 30.5 Å². The highest BCUT2D eigenvalue weighted by Crippen LogP contribution is 2.39. The number of likely N-dealkylation sites (tertiary alicyclic amines) is 1. The van der Waals surface area contributed by atoms with E-state index in [1.54, 1.807) is 18.9 Å². The maximum atomic E-state index is 14.6. The van der Waals surface area contributed by atoms with E-state index in [0.717, 1.165) is 37.7 Å². The van der Waals surface area contributed by atoms with Gasteiger partial charge in [0, 0.05) is 0 Å². The first-order valence-electron chi connectivity index (χ1n) is 16.5. The molecule has 1 aliphatic heterocycles. The smallest absolute Gasteiger partial charge is 0.329 e. The van der Waals surface area contributed by atoms with E-state index in [9.17, 15) is 19.2 Å². The number of carbonyl (C=O) groups is 4. The van der Waals surface area contributed by atoms with Crippen LogP contribution in [0.5, 0.6) is 0 Å². The molecule has 1 aromatic heterocycles. The number of nitrogens with one attached hydrogen (secondary N) is 3. The number of hydrogen-bond acceptors (Lipinski definition) is 7. The maximum Gasteiger partial charge on any atom is 0.329 e. The van der Waals surface area contributed by atoms with Crippen molar-refractivity contribution in [3.05, 3.63) is 59.5 Å². The van der Waals surface area contributed by atoms with E-state index in [1.165, 1.54) is 0 Å². The van der Waals surface area contributed by atoms with Crippen LogP contribution >= 0.6 is 0 Å². The summed E-state index contributed by atoms with van der Waals surface area (Å²) < 4.78 is 11.6. The molecule has 10 nitrogen and oxygen atoms in total. The van der Waals surface area contributed by atoms with Crippen molar-refractivity contribution in [3.8, 4) is 0 Å². The summed E-state index contributed by atoms with van der Waals surface area (Å²) in [7, 11) is 1.70. The average molecular weight is 623 g/mol. The Bertz CT molecular complexity index is 1290. The lowest BCUT2D eigenvalue weighted by Crippen LogP contribution is -2.59. The molecule has 246 valence electrons. The molecule has 1 saturated carbocycles. The molecule has 10 heteroatoms. The van der Waals surface area contributed by atoms with E-state index >= 15 is 0 Å². The molecule has 2 aromatic rings. The van der Waals surface area contributed by atoms with Gasteiger partial charge in [-0.3, -0.25) is 14.4 Å². The molecule has 1 aromatic carbocycles. The Morgan fingerprint density at radius 1 is 0.956 bits per heavy atom. The summed E-state index contributed by atoms with van der Waals surface area (Å²) in [4.78, 5) is 56.8. The van der Waals surface area contributed by atoms with E-state index in [4.69, 9.17) is 9.15 Å². The number of carbonyl (C=O) groups excluding carboxylic acids is 4. The number of nitrogens with zero attached hydrogens (tertiary/aromatic N) is 1. The van der Waals surface area contributed by atoms with E-state index < -0.39 is 42.1 Å². The van der Waals surface area contributed by atoms with Gasteiger partial charge in [-0.15, -0.1) is 0 Å². The largest absolute Gasteiger partial charge is 0.464 e. The van der Waals surface area contributed by atoms with Crippen molar-refractivity contribution >= 4 is 23.7 Å². The quantitative estimate of drug-likeness (QED) is 0.279. The Morgan fingerprint density at radius 3 is 2.29 bits per heavy atom. The third-order valence-electron chi connectivity index (χ3n) is 9.53. The Morgan fingerprint density at radius 2 is 1.67 bits per heavy atom. The minimum Gasteiger partial charge on any atom is -0.464 e. The van der Waals surface area contributed by atoms with Gasteiger partial charge in [0.15, 0.2) is 0 Å². The Hall–Kier alpha value is -3.66. The van der Waals surface area contributed by atoms with Gasteiger partial charge in [0.2, 0.25) is 17.7 Å². The first-order chi connectivity index (χ1) is 21.6. The van der Waals surface area contributed by atoms with Crippen LogP contribution in [0.1, 0.15) is 95.3 Å². The third-order valence-corrected chi connectivity index (χ3v) is 9.53.